The summed E-state index contributed by atoms with van der Waals surface area (Å²) in [5.74, 6) is 0.216. The summed E-state index contributed by atoms with van der Waals surface area (Å²) in [5, 5.41) is 3.40. The third-order valence-electron chi connectivity index (χ3n) is 3.39. The van der Waals surface area contributed by atoms with Crippen LogP contribution in [0.2, 0.25) is 0 Å². The van der Waals surface area contributed by atoms with Crippen LogP contribution < -0.4 is 16.0 Å². The topological polar surface area (TPSA) is 58.4 Å². The highest BCUT2D eigenvalue weighted by Gasteiger charge is 2.18. The molecule has 2 rings (SSSR count). The van der Waals surface area contributed by atoms with Gasteiger partial charge in [0, 0.05) is 18.8 Å². The number of nitrogens with zero attached hydrogens (tertiary/aromatic N) is 1. The smallest absolute Gasteiger partial charge is 0.236 e. The van der Waals surface area contributed by atoms with Gasteiger partial charge in [-0.3, -0.25) is 4.79 Å². The number of carbonyl (C=O) groups excluding carboxylic acids is 1. The van der Waals surface area contributed by atoms with E-state index in [2.05, 4.69) is 42.3 Å². The van der Waals surface area contributed by atoms with Gasteiger partial charge >= 0.3 is 0 Å². The summed E-state index contributed by atoms with van der Waals surface area (Å²) in [6, 6.07) is 6.35. The van der Waals surface area contributed by atoms with Gasteiger partial charge in [-0.25, -0.2) is 0 Å². The van der Waals surface area contributed by atoms with Crippen molar-refractivity contribution >= 4 is 11.6 Å². The molecule has 4 nitrogen and oxygen atoms in total. The second kappa shape index (κ2) is 6.06. The molecule has 0 fully saturated rings. The molecule has 1 aromatic carbocycles. The third-order valence-corrected chi connectivity index (χ3v) is 3.39. The predicted octanol–water partition coefficient (Wildman–Crippen LogP) is 1.28. The van der Waals surface area contributed by atoms with Crippen molar-refractivity contribution in [2.24, 2.45) is 11.7 Å². The molecule has 0 saturated carbocycles. The molecular formula is C15H23N3O. The summed E-state index contributed by atoms with van der Waals surface area (Å²) >= 11 is 0. The van der Waals surface area contributed by atoms with Crippen LogP contribution in [-0.2, 0) is 17.8 Å². The van der Waals surface area contributed by atoms with E-state index in [0.29, 0.717) is 5.92 Å². The van der Waals surface area contributed by atoms with Crippen LogP contribution in [0.15, 0.2) is 18.2 Å². The van der Waals surface area contributed by atoms with Crippen molar-refractivity contribution in [2.45, 2.75) is 26.8 Å². The Kier molecular flexibility index (Phi) is 4.43. The maximum atomic E-state index is 11.3. The van der Waals surface area contributed by atoms with Crippen LogP contribution in [0, 0.1) is 5.92 Å². The predicted molar refractivity (Wildman–Crippen MR) is 78.1 cm³/mol. The summed E-state index contributed by atoms with van der Waals surface area (Å²) in [6.45, 7) is 7.34. The lowest BCUT2D eigenvalue weighted by Crippen LogP contribution is -2.38. The Morgan fingerprint density at radius 3 is 2.95 bits per heavy atom. The van der Waals surface area contributed by atoms with E-state index < -0.39 is 0 Å². The van der Waals surface area contributed by atoms with E-state index in [1.165, 1.54) is 11.1 Å². The number of nitrogens with two attached hydrogens (primary N) is 1. The number of benzene rings is 1. The molecule has 1 aliphatic heterocycles. The summed E-state index contributed by atoms with van der Waals surface area (Å²) < 4.78 is 0. The highest BCUT2D eigenvalue weighted by atomic mass is 16.1. The van der Waals surface area contributed by atoms with Gasteiger partial charge in [0.15, 0.2) is 0 Å². The molecule has 1 aromatic rings. The van der Waals surface area contributed by atoms with Crippen LogP contribution in [0.4, 0.5) is 5.69 Å². The minimum absolute atomic E-state index is 0.276. The molecule has 4 heteroatoms. The fourth-order valence-electron chi connectivity index (χ4n) is 2.67. The Hall–Kier alpha value is -1.55. The zero-order chi connectivity index (χ0) is 13.8. The lowest BCUT2D eigenvalue weighted by Gasteiger charge is -2.30. The Morgan fingerprint density at radius 2 is 2.26 bits per heavy atom. The van der Waals surface area contributed by atoms with Gasteiger partial charge in [0.25, 0.3) is 0 Å². The average Bonchev–Trinajstić information content (AvgIpc) is 2.36. The van der Waals surface area contributed by atoms with E-state index >= 15 is 0 Å². The van der Waals surface area contributed by atoms with Gasteiger partial charge in [0.2, 0.25) is 5.91 Å². The molecule has 0 aliphatic carbocycles. The monoisotopic (exact) mass is 261 g/mol. The summed E-state index contributed by atoms with van der Waals surface area (Å²) in [5.41, 5.74) is 9.24. The van der Waals surface area contributed by atoms with Crippen molar-refractivity contribution in [3.8, 4) is 0 Å². The van der Waals surface area contributed by atoms with E-state index in [0.717, 1.165) is 31.7 Å². The van der Waals surface area contributed by atoms with Gasteiger partial charge in [-0.1, -0.05) is 26.0 Å². The van der Waals surface area contributed by atoms with Crippen molar-refractivity contribution in [1.82, 2.24) is 5.32 Å². The third kappa shape index (κ3) is 3.47. The Balaban J connectivity index is 2.32. The molecular weight excluding hydrogens is 238 g/mol. The fraction of sp³-hybridized carbons (Fsp3) is 0.533. The largest absolute Gasteiger partial charge is 0.368 e. The van der Waals surface area contributed by atoms with Crippen molar-refractivity contribution < 1.29 is 4.79 Å². The minimum Gasteiger partial charge on any atom is -0.368 e. The molecule has 0 radical (unpaired) electrons. The van der Waals surface area contributed by atoms with Crippen LogP contribution in [-0.4, -0.2) is 25.5 Å². The van der Waals surface area contributed by atoms with Crippen molar-refractivity contribution in [3.63, 3.8) is 0 Å². The van der Waals surface area contributed by atoms with Gasteiger partial charge in [0.05, 0.1) is 6.54 Å². The second-order valence-corrected chi connectivity index (χ2v) is 5.58. The molecule has 0 bridgehead atoms. The van der Waals surface area contributed by atoms with E-state index in [9.17, 15) is 4.79 Å². The first-order valence-electron chi connectivity index (χ1n) is 6.92. The van der Waals surface area contributed by atoms with Crippen LogP contribution in [0.1, 0.15) is 25.0 Å². The maximum absolute atomic E-state index is 11.3. The summed E-state index contributed by atoms with van der Waals surface area (Å²) in [6.07, 6.45) is 1.05. The maximum Gasteiger partial charge on any atom is 0.236 e. The van der Waals surface area contributed by atoms with E-state index in [1.807, 2.05) is 0 Å². The molecule has 0 unspecified atom stereocenters. The van der Waals surface area contributed by atoms with Crippen molar-refractivity contribution in [3.05, 3.63) is 29.3 Å². The number of rotatable bonds is 5. The fourth-order valence-corrected chi connectivity index (χ4v) is 2.67. The lowest BCUT2D eigenvalue weighted by atomic mass is 9.98. The zero-order valence-corrected chi connectivity index (χ0v) is 11.8. The molecule has 1 amide bonds. The average molecular weight is 261 g/mol. The van der Waals surface area contributed by atoms with Gasteiger partial charge in [-0.2, -0.15) is 0 Å². The van der Waals surface area contributed by atoms with Gasteiger partial charge in [-0.05, 0) is 36.1 Å². The SMILES string of the molecule is CC(C)CN(CC(N)=O)c1cccc2c1CNCC2. The van der Waals surface area contributed by atoms with Crippen molar-refractivity contribution in [2.75, 3.05) is 24.5 Å². The van der Waals surface area contributed by atoms with Gasteiger partial charge in [0.1, 0.15) is 0 Å². The van der Waals surface area contributed by atoms with Crippen molar-refractivity contribution in [1.29, 1.82) is 0 Å². The Labute approximate surface area is 115 Å². The number of hydrogen-bond acceptors (Lipinski definition) is 3. The molecule has 19 heavy (non-hydrogen) atoms. The number of amides is 1. The first-order valence-corrected chi connectivity index (χ1v) is 6.92. The first kappa shape index (κ1) is 13.9. The van der Waals surface area contributed by atoms with Crippen LogP contribution in [0.3, 0.4) is 0 Å². The van der Waals surface area contributed by atoms with Crippen LogP contribution in [0.25, 0.3) is 0 Å². The minimum atomic E-state index is -0.276. The lowest BCUT2D eigenvalue weighted by molar-refractivity contribution is -0.116. The van der Waals surface area contributed by atoms with E-state index in [4.69, 9.17) is 5.73 Å². The number of fused-ring (bicyclic) bond motifs is 1. The zero-order valence-electron chi connectivity index (χ0n) is 11.8. The molecule has 1 heterocycles. The molecule has 104 valence electrons. The normalized spacial score (nSPS) is 14.3. The molecule has 0 aromatic heterocycles. The summed E-state index contributed by atoms with van der Waals surface area (Å²) in [7, 11) is 0. The molecule has 3 N–H and O–H groups in total. The number of anilines is 1. The Bertz CT molecular complexity index is 457. The highest BCUT2D eigenvalue weighted by molar-refractivity contribution is 5.80. The van der Waals surface area contributed by atoms with E-state index in [1.54, 1.807) is 0 Å². The van der Waals surface area contributed by atoms with Crippen LogP contribution in [0.5, 0.6) is 0 Å². The molecule has 0 spiro atoms. The van der Waals surface area contributed by atoms with Gasteiger partial charge < -0.3 is 16.0 Å². The van der Waals surface area contributed by atoms with Crippen LogP contribution >= 0.6 is 0 Å². The highest BCUT2D eigenvalue weighted by Crippen LogP contribution is 2.27. The van der Waals surface area contributed by atoms with E-state index in [-0.39, 0.29) is 12.5 Å². The molecule has 1 aliphatic rings. The number of primary amides is 1. The van der Waals surface area contributed by atoms with Gasteiger partial charge in [-0.15, -0.1) is 0 Å². The molecule has 0 atom stereocenters. The number of carbonyl (C=O) groups is 1. The standard InChI is InChI=1S/C15H23N3O/c1-11(2)9-18(10-15(16)19)14-5-3-4-12-6-7-17-8-13(12)14/h3-5,11,17H,6-10H2,1-2H3,(H2,16,19). The quantitative estimate of drug-likeness (QED) is 0.839. The number of nitrogens with one attached hydrogen (secondary N) is 1. The number of hydrogen-bond donors (Lipinski definition) is 2. The molecule has 0 saturated heterocycles. The summed E-state index contributed by atoms with van der Waals surface area (Å²) in [4.78, 5) is 13.4. The second-order valence-electron chi connectivity index (χ2n) is 5.58. The Morgan fingerprint density at radius 1 is 1.47 bits per heavy atom. The first-order chi connectivity index (χ1) is 9.08.